The third-order valence-electron chi connectivity index (χ3n) is 5.49. The first-order valence-corrected chi connectivity index (χ1v) is 12.3. The Kier molecular flexibility index (Phi) is 7.15. The van der Waals surface area contributed by atoms with E-state index in [2.05, 4.69) is 9.71 Å². The number of pyridine rings is 1. The van der Waals surface area contributed by atoms with E-state index < -0.39 is 16.1 Å². The van der Waals surface area contributed by atoms with Gasteiger partial charge in [0.15, 0.2) is 0 Å². The molecule has 4 aromatic rings. The number of carbonyl (C=O) groups is 1. The van der Waals surface area contributed by atoms with Crippen molar-refractivity contribution in [3.05, 3.63) is 132 Å². The van der Waals surface area contributed by atoms with Crippen LogP contribution >= 0.6 is 0 Å². The van der Waals surface area contributed by atoms with Crippen LogP contribution in [0, 0.1) is 0 Å². The van der Waals surface area contributed by atoms with Gasteiger partial charge in [-0.15, -0.1) is 0 Å². The van der Waals surface area contributed by atoms with Crippen LogP contribution in [0.5, 0.6) is 0 Å². The van der Waals surface area contributed by atoms with E-state index >= 15 is 0 Å². The molecule has 7 heteroatoms. The zero-order valence-electron chi connectivity index (χ0n) is 18.7. The predicted octanol–water partition coefficient (Wildman–Crippen LogP) is 4.42. The summed E-state index contributed by atoms with van der Waals surface area (Å²) in [5.41, 5.74) is 2.75. The molecule has 1 amide bonds. The molecular formula is C27H25N3O3S. The lowest BCUT2D eigenvalue weighted by atomic mass is 10.0. The molecule has 1 N–H and O–H groups in total. The monoisotopic (exact) mass is 471 g/mol. The molecule has 0 saturated carbocycles. The minimum absolute atomic E-state index is 0.0387. The van der Waals surface area contributed by atoms with E-state index in [1.807, 2.05) is 78.9 Å². The topological polar surface area (TPSA) is 79.4 Å². The summed E-state index contributed by atoms with van der Waals surface area (Å²) in [6, 6.07) is 30.1. The summed E-state index contributed by atoms with van der Waals surface area (Å²) in [7, 11) is -2.10. The van der Waals surface area contributed by atoms with Gasteiger partial charge in [0.05, 0.1) is 16.6 Å². The Bertz CT molecular complexity index is 1310. The fourth-order valence-electron chi connectivity index (χ4n) is 3.74. The first-order chi connectivity index (χ1) is 16.5. The second-order valence-electron chi connectivity index (χ2n) is 7.82. The first-order valence-electron chi connectivity index (χ1n) is 10.8. The van der Waals surface area contributed by atoms with Gasteiger partial charge < -0.3 is 4.90 Å². The summed E-state index contributed by atoms with van der Waals surface area (Å²) in [6.07, 6.45) is 1.69. The van der Waals surface area contributed by atoms with E-state index in [9.17, 15) is 13.2 Å². The van der Waals surface area contributed by atoms with Crippen molar-refractivity contribution in [1.82, 2.24) is 14.6 Å². The molecule has 1 aromatic heterocycles. The molecule has 0 radical (unpaired) electrons. The third-order valence-corrected chi connectivity index (χ3v) is 6.89. The minimum Gasteiger partial charge on any atom is -0.329 e. The Hall–Kier alpha value is -3.81. The van der Waals surface area contributed by atoms with Crippen LogP contribution in [0.1, 0.15) is 33.2 Å². The van der Waals surface area contributed by atoms with Gasteiger partial charge in [0, 0.05) is 25.4 Å². The highest BCUT2D eigenvalue weighted by Gasteiger charge is 2.26. The quantitative estimate of drug-likeness (QED) is 0.413. The summed E-state index contributed by atoms with van der Waals surface area (Å²) in [5, 5.41) is 0. The maximum absolute atomic E-state index is 13.5. The lowest BCUT2D eigenvalue weighted by Gasteiger charge is -2.28. The van der Waals surface area contributed by atoms with Crippen molar-refractivity contribution in [3.63, 3.8) is 0 Å². The highest BCUT2D eigenvalue weighted by atomic mass is 32.2. The summed E-state index contributed by atoms with van der Waals surface area (Å²) in [5.74, 6) is -0.306. The van der Waals surface area contributed by atoms with E-state index in [0.717, 1.165) is 16.8 Å². The van der Waals surface area contributed by atoms with Crippen LogP contribution in [0.3, 0.4) is 0 Å². The van der Waals surface area contributed by atoms with E-state index in [-0.39, 0.29) is 22.9 Å². The number of hydrogen-bond acceptors (Lipinski definition) is 4. The Labute approximate surface area is 200 Å². The van der Waals surface area contributed by atoms with Crippen molar-refractivity contribution >= 4 is 15.9 Å². The fraction of sp³-hybridized carbons (Fsp3) is 0.111. The Morgan fingerprint density at radius 2 is 1.56 bits per heavy atom. The van der Waals surface area contributed by atoms with E-state index in [0.29, 0.717) is 0 Å². The normalized spacial score (nSPS) is 12.1. The molecule has 0 aliphatic carbocycles. The van der Waals surface area contributed by atoms with Gasteiger partial charge in [0.25, 0.3) is 5.91 Å². The van der Waals surface area contributed by atoms with Crippen LogP contribution in [0.25, 0.3) is 0 Å². The predicted molar refractivity (Wildman–Crippen MR) is 132 cm³/mol. The van der Waals surface area contributed by atoms with Gasteiger partial charge in [0.1, 0.15) is 0 Å². The zero-order valence-corrected chi connectivity index (χ0v) is 19.5. The lowest BCUT2D eigenvalue weighted by Crippen LogP contribution is -2.32. The molecule has 0 aliphatic heterocycles. The number of nitrogens with one attached hydrogen (secondary N) is 1. The van der Waals surface area contributed by atoms with Gasteiger partial charge in [-0.25, -0.2) is 13.1 Å². The maximum atomic E-state index is 13.5. The average molecular weight is 472 g/mol. The molecule has 0 fully saturated rings. The van der Waals surface area contributed by atoms with Crippen LogP contribution in [-0.2, 0) is 16.6 Å². The molecule has 0 spiro atoms. The molecule has 34 heavy (non-hydrogen) atoms. The number of aromatic nitrogens is 1. The van der Waals surface area contributed by atoms with Crippen LogP contribution < -0.4 is 4.72 Å². The first kappa shape index (κ1) is 23.4. The summed E-state index contributed by atoms with van der Waals surface area (Å²) >= 11 is 0. The largest absolute Gasteiger partial charge is 0.329 e. The number of rotatable bonds is 8. The van der Waals surface area contributed by atoms with Crippen LogP contribution in [-0.4, -0.2) is 31.3 Å². The van der Waals surface area contributed by atoms with Gasteiger partial charge in [-0.1, -0.05) is 72.8 Å². The molecule has 1 heterocycles. The molecule has 3 aromatic carbocycles. The number of sulfonamides is 1. The Balaban J connectivity index is 1.60. The van der Waals surface area contributed by atoms with Gasteiger partial charge in [-0.2, -0.15) is 0 Å². The van der Waals surface area contributed by atoms with E-state index in [1.54, 1.807) is 30.3 Å². The molecule has 4 rings (SSSR count). The maximum Gasteiger partial charge on any atom is 0.254 e. The van der Waals surface area contributed by atoms with Gasteiger partial charge in [-0.3, -0.25) is 9.78 Å². The molecular weight excluding hydrogens is 446 g/mol. The lowest BCUT2D eigenvalue weighted by molar-refractivity contribution is 0.0752. The molecule has 0 aliphatic rings. The molecule has 1 unspecified atom stereocenters. The van der Waals surface area contributed by atoms with Crippen molar-refractivity contribution in [2.75, 3.05) is 7.05 Å². The molecule has 6 nitrogen and oxygen atoms in total. The number of hydrogen-bond donors (Lipinski definition) is 1. The number of benzene rings is 3. The summed E-state index contributed by atoms with van der Waals surface area (Å²) in [6.45, 7) is 0.164. The number of carbonyl (C=O) groups excluding carboxylic acids is 1. The number of nitrogens with zero attached hydrogens (tertiary/aromatic N) is 2. The molecule has 172 valence electrons. The second-order valence-corrected chi connectivity index (χ2v) is 9.59. The molecule has 0 saturated heterocycles. The fourth-order valence-corrected chi connectivity index (χ4v) is 4.80. The van der Waals surface area contributed by atoms with Crippen molar-refractivity contribution in [2.45, 2.75) is 17.5 Å². The van der Waals surface area contributed by atoms with Gasteiger partial charge in [-0.05, 0) is 41.5 Å². The third kappa shape index (κ3) is 5.39. The smallest absolute Gasteiger partial charge is 0.254 e. The van der Waals surface area contributed by atoms with Crippen LogP contribution in [0.2, 0.25) is 0 Å². The number of amides is 1. The van der Waals surface area contributed by atoms with Crippen molar-refractivity contribution in [3.8, 4) is 0 Å². The summed E-state index contributed by atoms with van der Waals surface area (Å²) in [4.78, 5) is 19.6. The van der Waals surface area contributed by atoms with E-state index in [1.165, 1.54) is 12.1 Å². The zero-order chi connectivity index (χ0) is 24.0. The van der Waals surface area contributed by atoms with Crippen molar-refractivity contribution in [2.24, 2.45) is 0 Å². The SMILES string of the molecule is CN(C(=O)c1cccc(S(=O)(=O)NCc2ccccc2)c1)C(c1ccccc1)c1ccccn1. The van der Waals surface area contributed by atoms with Gasteiger partial charge >= 0.3 is 0 Å². The second kappa shape index (κ2) is 10.4. The Morgan fingerprint density at radius 3 is 2.24 bits per heavy atom. The average Bonchev–Trinajstić information content (AvgIpc) is 2.89. The highest BCUT2D eigenvalue weighted by Crippen LogP contribution is 2.27. The summed E-state index contributed by atoms with van der Waals surface area (Å²) < 4.78 is 28.4. The van der Waals surface area contributed by atoms with Gasteiger partial charge in [0.2, 0.25) is 10.0 Å². The van der Waals surface area contributed by atoms with Crippen molar-refractivity contribution < 1.29 is 13.2 Å². The minimum atomic E-state index is -3.80. The highest BCUT2D eigenvalue weighted by molar-refractivity contribution is 7.89. The van der Waals surface area contributed by atoms with Crippen LogP contribution in [0.4, 0.5) is 0 Å². The van der Waals surface area contributed by atoms with Crippen molar-refractivity contribution in [1.29, 1.82) is 0 Å². The standard InChI is InChI=1S/C27H25N3O3S/c1-30(26(22-13-6-3-7-14-22)25-17-8-9-18-28-25)27(31)23-15-10-16-24(19-23)34(32,33)29-20-21-11-4-2-5-12-21/h2-19,26,29H,20H2,1H3. The molecule has 0 bridgehead atoms. The molecule has 1 atom stereocenters. The Morgan fingerprint density at radius 1 is 0.882 bits per heavy atom. The van der Waals surface area contributed by atoms with Crippen LogP contribution in [0.15, 0.2) is 114 Å². The van der Waals surface area contributed by atoms with E-state index in [4.69, 9.17) is 0 Å².